The summed E-state index contributed by atoms with van der Waals surface area (Å²) in [6, 6.07) is 6.13. The van der Waals surface area contributed by atoms with E-state index in [1.165, 1.54) is 4.88 Å². The van der Waals surface area contributed by atoms with Gasteiger partial charge in [0.25, 0.3) is 0 Å². The molecule has 108 valence electrons. The van der Waals surface area contributed by atoms with Gasteiger partial charge in [-0.2, -0.15) is 0 Å². The molecule has 5 heteroatoms. The fourth-order valence-electron chi connectivity index (χ4n) is 1.89. The maximum atomic E-state index is 12.2. The van der Waals surface area contributed by atoms with Gasteiger partial charge >= 0.3 is 6.03 Å². The van der Waals surface area contributed by atoms with Crippen molar-refractivity contribution in [2.24, 2.45) is 0 Å². The summed E-state index contributed by atoms with van der Waals surface area (Å²) in [4.78, 5) is 15.3. The standard InChI is InChI=1S/C15H20N2O2S/c1-12(2)16-15(18)17(10-13-6-8-19-11-13)7-5-14-4-3-9-20-14/h3-4,6,8-9,11-12H,5,7,10H2,1-2H3,(H,16,18). The summed E-state index contributed by atoms with van der Waals surface area (Å²) in [6.45, 7) is 5.20. The quantitative estimate of drug-likeness (QED) is 0.885. The van der Waals surface area contributed by atoms with E-state index in [1.807, 2.05) is 30.9 Å². The van der Waals surface area contributed by atoms with E-state index in [1.54, 1.807) is 23.9 Å². The highest BCUT2D eigenvalue weighted by Crippen LogP contribution is 2.12. The van der Waals surface area contributed by atoms with Crippen LogP contribution in [0.2, 0.25) is 0 Å². The van der Waals surface area contributed by atoms with Gasteiger partial charge in [0.2, 0.25) is 0 Å². The third-order valence-corrected chi connectivity index (χ3v) is 3.80. The smallest absolute Gasteiger partial charge is 0.317 e. The van der Waals surface area contributed by atoms with E-state index in [2.05, 4.69) is 16.8 Å². The Hall–Kier alpha value is -1.75. The molecular formula is C15H20N2O2S. The Morgan fingerprint density at radius 1 is 1.45 bits per heavy atom. The normalized spacial score (nSPS) is 10.8. The van der Waals surface area contributed by atoms with Gasteiger partial charge in [-0.05, 0) is 37.8 Å². The minimum atomic E-state index is -0.0299. The van der Waals surface area contributed by atoms with Gasteiger partial charge in [0.05, 0.1) is 19.1 Å². The van der Waals surface area contributed by atoms with E-state index in [-0.39, 0.29) is 12.1 Å². The highest BCUT2D eigenvalue weighted by atomic mass is 32.1. The highest BCUT2D eigenvalue weighted by Gasteiger charge is 2.15. The fraction of sp³-hybridized carbons (Fsp3) is 0.400. The number of carbonyl (C=O) groups excluding carboxylic acids is 1. The maximum absolute atomic E-state index is 12.2. The minimum absolute atomic E-state index is 0.0299. The molecule has 4 nitrogen and oxygen atoms in total. The van der Waals surface area contributed by atoms with Crippen molar-refractivity contribution in [2.45, 2.75) is 32.9 Å². The van der Waals surface area contributed by atoms with Crippen molar-refractivity contribution >= 4 is 17.4 Å². The molecule has 1 N–H and O–H groups in total. The van der Waals surface area contributed by atoms with Crippen LogP contribution in [0, 0.1) is 0 Å². The van der Waals surface area contributed by atoms with Gasteiger partial charge in [-0.1, -0.05) is 6.07 Å². The highest BCUT2D eigenvalue weighted by molar-refractivity contribution is 7.09. The van der Waals surface area contributed by atoms with Gasteiger partial charge in [0, 0.05) is 23.0 Å². The van der Waals surface area contributed by atoms with Crippen molar-refractivity contribution in [1.82, 2.24) is 10.2 Å². The summed E-state index contributed by atoms with van der Waals surface area (Å²) >= 11 is 1.72. The number of nitrogens with one attached hydrogen (secondary N) is 1. The first-order chi connectivity index (χ1) is 9.65. The lowest BCUT2D eigenvalue weighted by Crippen LogP contribution is -2.43. The molecular weight excluding hydrogens is 272 g/mol. The Kier molecular flexibility index (Phi) is 5.24. The Morgan fingerprint density at radius 2 is 2.30 bits per heavy atom. The van der Waals surface area contributed by atoms with E-state index in [0.717, 1.165) is 12.0 Å². The second-order valence-corrected chi connectivity index (χ2v) is 6.02. The van der Waals surface area contributed by atoms with Crippen LogP contribution in [0.15, 0.2) is 40.5 Å². The SMILES string of the molecule is CC(C)NC(=O)N(CCc1cccs1)Cc1ccoc1. The van der Waals surface area contributed by atoms with Gasteiger partial charge in [0.1, 0.15) is 0 Å². The molecule has 2 heterocycles. The number of urea groups is 1. The predicted octanol–water partition coefficient (Wildman–Crippen LogP) is 3.50. The predicted molar refractivity (Wildman–Crippen MR) is 80.8 cm³/mol. The summed E-state index contributed by atoms with van der Waals surface area (Å²) in [5, 5.41) is 5.00. The van der Waals surface area contributed by atoms with Gasteiger partial charge in [0.15, 0.2) is 0 Å². The van der Waals surface area contributed by atoms with Crippen LogP contribution in [-0.4, -0.2) is 23.5 Å². The fourth-order valence-corrected chi connectivity index (χ4v) is 2.59. The first kappa shape index (κ1) is 14.7. The zero-order valence-electron chi connectivity index (χ0n) is 11.8. The molecule has 2 amide bonds. The van der Waals surface area contributed by atoms with E-state index < -0.39 is 0 Å². The van der Waals surface area contributed by atoms with Crippen LogP contribution in [0.3, 0.4) is 0 Å². The van der Waals surface area contributed by atoms with Crippen LogP contribution in [0.4, 0.5) is 4.79 Å². The third kappa shape index (κ3) is 4.42. The molecule has 0 saturated heterocycles. The lowest BCUT2D eigenvalue weighted by atomic mass is 10.2. The molecule has 0 fully saturated rings. The number of rotatable bonds is 6. The number of hydrogen-bond donors (Lipinski definition) is 1. The van der Waals surface area contributed by atoms with E-state index in [0.29, 0.717) is 13.1 Å². The molecule has 20 heavy (non-hydrogen) atoms. The van der Waals surface area contributed by atoms with Crippen LogP contribution >= 0.6 is 11.3 Å². The molecule has 0 atom stereocenters. The van der Waals surface area contributed by atoms with Gasteiger partial charge in [-0.25, -0.2) is 4.79 Å². The largest absolute Gasteiger partial charge is 0.472 e. The summed E-state index contributed by atoms with van der Waals surface area (Å²) < 4.78 is 5.07. The van der Waals surface area contributed by atoms with Crippen LogP contribution < -0.4 is 5.32 Å². The maximum Gasteiger partial charge on any atom is 0.317 e. The lowest BCUT2D eigenvalue weighted by molar-refractivity contribution is 0.193. The number of hydrogen-bond acceptors (Lipinski definition) is 3. The molecule has 0 bridgehead atoms. The van der Waals surface area contributed by atoms with Crippen molar-refractivity contribution in [2.75, 3.05) is 6.54 Å². The molecule has 2 rings (SSSR count). The van der Waals surface area contributed by atoms with Crippen LogP contribution in [0.25, 0.3) is 0 Å². The van der Waals surface area contributed by atoms with Crippen LogP contribution in [-0.2, 0) is 13.0 Å². The Morgan fingerprint density at radius 3 is 2.90 bits per heavy atom. The zero-order valence-corrected chi connectivity index (χ0v) is 12.7. The van der Waals surface area contributed by atoms with E-state index in [9.17, 15) is 4.79 Å². The Bertz CT molecular complexity index is 506. The molecule has 0 spiro atoms. The molecule has 0 aromatic carbocycles. The molecule has 0 aliphatic heterocycles. The molecule has 2 aromatic heterocycles. The molecule has 0 aliphatic rings. The number of amides is 2. The van der Waals surface area contributed by atoms with Crippen molar-refractivity contribution in [3.05, 3.63) is 46.5 Å². The van der Waals surface area contributed by atoms with Crippen molar-refractivity contribution in [1.29, 1.82) is 0 Å². The van der Waals surface area contributed by atoms with Crippen molar-refractivity contribution < 1.29 is 9.21 Å². The van der Waals surface area contributed by atoms with E-state index >= 15 is 0 Å². The first-order valence-corrected chi connectivity index (χ1v) is 7.62. The number of carbonyl (C=O) groups is 1. The summed E-state index contributed by atoms with van der Waals surface area (Å²) in [7, 11) is 0. The topological polar surface area (TPSA) is 45.5 Å². The first-order valence-electron chi connectivity index (χ1n) is 6.74. The summed E-state index contributed by atoms with van der Waals surface area (Å²) in [6.07, 6.45) is 4.19. The van der Waals surface area contributed by atoms with Crippen molar-refractivity contribution in [3.8, 4) is 0 Å². The Balaban J connectivity index is 1.97. The lowest BCUT2D eigenvalue weighted by Gasteiger charge is -2.23. The minimum Gasteiger partial charge on any atom is -0.472 e. The van der Waals surface area contributed by atoms with Crippen LogP contribution in [0.5, 0.6) is 0 Å². The van der Waals surface area contributed by atoms with Crippen LogP contribution in [0.1, 0.15) is 24.3 Å². The van der Waals surface area contributed by atoms with Gasteiger partial charge < -0.3 is 14.6 Å². The van der Waals surface area contributed by atoms with Crippen molar-refractivity contribution in [3.63, 3.8) is 0 Å². The summed E-state index contributed by atoms with van der Waals surface area (Å²) in [5.41, 5.74) is 1.01. The number of furan rings is 1. The Labute approximate surface area is 123 Å². The second kappa shape index (κ2) is 7.14. The molecule has 0 saturated carbocycles. The average molecular weight is 292 g/mol. The average Bonchev–Trinajstić information content (AvgIpc) is 3.06. The molecule has 0 aliphatic carbocycles. The molecule has 0 unspecified atom stereocenters. The number of nitrogens with zero attached hydrogens (tertiary/aromatic N) is 1. The zero-order chi connectivity index (χ0) is 14.4. The van der Waals surface area contributed by atoms with Gasteiger partial charge in [-0.3, -0.25) is 0 Å². The monoisotopic (exact) mass is 292 g/mol. The van der Waals surface area contributed by atoms with E-state index in [4.69, 9.17) is 4.42 Å². The second-order valence-electron chi connectivity index (χ2n) is 4.99. The summed E-state index contributed by atoms with van der Waals surface area (Å²) in [5.74, 6) is 0. The third-order valence-electron chi connectivity index (χ3n) is 2.86. The molecule has 0 radical (unpaired) electrons. The molecule has 2 aromatic rings. The van der Waals surface area contributed by atoms with Gasteiger partial charge in [-0.15, -0.1) is 11.3 Å². The number of thiophene rings is 1.